The van der Waals surface area contributed by atoms with Crippen molar-refractivity contribution < 1.29 is 8.42 Å². The molecule has 0 bridgehead atoms. The number of pyridine rings is 1. The summed E-state index contributed by atoms with van der Waals surface area (Å²) in [5.74, 6) is 0. The van der Waals surface area contributed by atoms with Gasteiger partial charge in [-0.25, -0.2) is 4.98 Å². The number of aromatic nitrogens is 1. The van der Waals surface area contributed by atoms with Crippen molar-refractivity contribution in [2.75, 3.05) is 30.9 Å². The quantitative estimate of drug-likeness (QED) is 0.798. The Kier molecular flexibility index (Phi) is 4.21. The molecule has 0 amide bonds. The van der Waals surface area contributed by atoms with Gasteiger partial charge in [0.2, 0.25) is 0 Å². The second-order valence-electron chi connectivity index (χ2n) is 4.09. The van der Waals surface area contributed by atoms with Crippen LogP contribution >= 0.6 is 15.9 Å². The van der Waals surface area contributed by atoms with Crippen molar-refractivity contribution in [1.29, 1.82) is 0 Å². The van der Waals surface area contributed by atoms with Gasteiger partial charge in [0.25, 0.3) is 0 Å². The fourth-order valence-electron chi connectivity index (χ4n) is 1.71. The Balaban J connectivity index is 2.13. The van der Waals surface area contributed by atoms with Crippen LogP contribution in [-0.4, -0.2) is 43.9 Å². The van der Waals surface area contributed by atoms with Gasteiger partial charge < -0.3 is 5.32 Å². The first-order valence-electron chi connectivity index (χ1n) is 5.60. The minimum atomic E-state index is -3.48. The lowest BCUT2D eigenvalue weighted by atomic mass is 10.3. The van der Waals surface area contributed by atoms with Crippen LogP contribution in [0.1, 0.15) is 5.56 Å². The van der Waals surface area contributed by atoms with Crippen molar-refractivity contribution in [3.8, 4) is 0 Å². The molecule has 1 aliphatic rings. The Morgan fingerprint density at radius 2 is 2.11 bits per heavy atom. The molecule has 2 heterocycles. The molecular weight excluding hydrogens is 320 g/mol. The summed E-state index contributed by atoms with van der Waals surface area (Å²) in [5.41, 5.74) is 1.37. The van der Waals surface area contributed by atoms with E-state index in [2.05, 4.69) is 31.0 Å². The number of halogens is 1. The lowest BCUT2D eigenvalue weighted by Crippen LogP contribution is -2.48. The Bertz CT molecular complexity index is 529. The van der Waals surface area contributed by atoms with Gasteiger partial charge >= 0.3 is 10.2 Å². The van der Waals surface area contributed by atoms with E-state index in [0.717, 1.165) is 5.56 Å². The van der Waals surface area contributed by atoms with E-state index in [4.69, 9.17) is 0 Å². The van der Waals surface area contributed by atoms with Crippen LogP contribution in [0.15, 0.2) is 16.9 Å². The van der Waals surface area contributed by atoms with Gasteiger partial charge in [0.1, 0.15) is 4.60 Å². The number of nitrogens with zero attached hydrogens (tertiary/aromatic N) is 2. The number of hydrogen-bond acceptors (Lipinski definition) is 4. The third kappa shape index (κ3) is 3.19. The molecule has 2 rings (SSSR count). The molecule has 1 aliphatic heterocycles. The van der Waals surface area contributed by atoms with E-state index in [0.29, 0.717) is 36.5 Å². The second-order valence-corrected chi connectivity index (χ2v) is 6.51. The van der Waals surface area contributed by atoms with E-state index in [1.54, 1.807) is 6.07 Å². The fourth-order valence-corrected chi connectivity index (χ4v) is 3.13. The van der Waals surface area contributed by atoms with Crippen molar-refractivity contribution in [2.24, 2.45) is 0 Å². The van der Waals surface area contributed by atoms with E-state index in [-0.39, 0.29) is 0 Å². The number of aryl methyl sites for hydroxylation is 1. The first-order chi connectivity index (χ1) is 8.49. The van der Waals surface area contributed by atoms with Crippen LogP contribution in [-0.2, 0) is 10.2 Å². The van der Waals surface area contributed by atoms with Gasteiger partial charge in [-0.1, -0.05) is 0 Å². The number of anilines is 1. The standard InChI is InChI=1S/C10H15BrN4O2S/c1-8-6-9(7-13-10(8)11)14-18(16,17)15-4-2-12-3-5-15/h6-7,12,14H,2-5H2,1H3. The molecule has 18 heavy (non-hydrogen) atoms. The molecule has 100 valence electrons. The summed E-state index contributed by atoms with van der Waals surface area (Å²) in [6, 6.07) is 1.75. The average Bonchev–Trinajstić information content (AvgIpc) is 2.35. The highest BCUT2D eigenvalue weighted by atomic mass is 79.9. The maximum absolute atomic E-state index is 12.1. The third-order valence-corrected chi connectivity index (χ3v) is 5.05. The van der Waals surface area contributed by atoms with Gasteiger partial charge in [-0.2, -0.15) is 12.7 Å². The van der Waals surface area contributed by atoms with Crippen LogP contribution in [0.5, 0.6) is 0 Å². The van der Waals surface area contributed by atoms with Gasteiger partial charge in [0, 0.05) is 26.2 Å². The lowest BCUT2D eigenvalue weighted by molar-refractivity contribution is 0.362. The number of rotatable bonds is 3. The molecule has 6 nitrogen and oxygen atoms in total. The fraction of sp³-hybridized carbons (Fsp3) is 0.500. The zero-order valence-electron chi connectivity index (χ0n) is 9.98. The van der Waals surface area contributed by atoms with Crippen molar-refractivity contribution in [3.05, 3.63) is 22.4 Å². The van der Waals surface area contributed by atoms with Gasteiger partial charge in [0.15, 0.2) is 0 Å². The molecule has 8 heteroatoms. The Morgan fingerprint density at radius 3 is 2.72 bits per heavy atom. The highest BCUT2D eigenvalue weighted by Gasteiger charge is 2.23. The first kappa shape index (κ1) is 13.7. The van der Waals surface area contributed by atoms with Crippen LogP contribution in [0.25, 0.3) is 0 Å². The predicted molar refractivity (Wildman–Crippen MR) is 73.7 cm³/mol. The third-order valence-electron chi connectivity index (χ3n) is 2.68. The molecule has 1 saturated heterocycles. The van der Waals surface area contributed by atoms with E-state index in [1.807, 2.05) is 6.92 Å². The number of nitrogens with one attached hydrogen (secondary N) is 2. The molecule has 2 N–H and O–H groups in total. The molecule has 1 aromatic heterocycles. The Hall–Kier alpha value is -0.700. The molecule has 0 aromatic carbocycles. The lowest BCUT2D eigenvalue weighted by Gasteiger charge is -2.26. The predicted octanol–water partition coefficient (Wildman–Crippen LogP) is 0.714. The van der Waals surface area contributed by atoms with E-state index in [9.17, 15) is 8.42 Å². The molecule has 0 radical (unpaired) electrons. The first-order valence-corrected chi connectivity index (χ1v) is 7.83. The molecule has 1 aromatic rings. The van der Waals surface area contributed by atoms with E-state index in [1.165, 1.54) is 10.5 Å². The van der Waals surface area contributed by atoms with Gasteiger partial charge in [-0.15, -0.1) is 0 Å². The van der Waals surface area contributed by atoms with E-state index < -0.39 is 10.2 Å². The summed E-state index contributed by atoms with van der Waals surface area (Å²) in [6.07, 6.45) is 1.50. The van der Waals surface area contributed by atoms with Crippen molar-refractivity contribution in [3.63, 3.8) is 0 Å². The smallest absolute Gasteiger partial charge is 0.301 e. The second kappa shape index (κ2) is 5.52. The SMILES string of the molecule is Cc1cc(NS(=O)(=O)N2CCNCC2)cnc1Br. The summed E-state index contributed by atoms with van der Waals surface area (Å²) < 4.78 is 28.9. The summed E-state index contributed by atoms with van der Waals surface area (Å²) in [5, 5.41) is 3.11. The maximum Gasteiger partial charge on any atom is 0.301 e. The number of piperazine rings is 1. The van der Waals surface area contributed by atoms with Gasteiger partial charge in [-0.3, -0.25) is 4.72 Å². The molecule has 1 fully saturated rings. The van der Waals surface area contributed by atoms with Gasteiger partial charge in [0.05, 0.1) is 11.9 Å². The molecule has 0 saturated carbocycles. The topological polar surface area (TPSA) is 74.3 Å². The minimum Gasteiger partial charge on any atom is -0.314 e. The van der Waals surface area contributed by atoms with Crippen molar-refractivity contribution >= 4 is 31.8 Å². The Morgan fingerprint density at radius 1 is 1.44 bits per heavy atom. The summed E-state index contributed by atoms with van der Waals surface area (Å²) in [7, 11) is -3.48. The molecule has 0 spiro atoms. The number of hydrogen-bond donors (Lipinski definition) is 2. The highest BCUT2D eigenvalue weighted by molar-refractivity contribution is 9.10. The minimum absolute atomic E-state index is 0.481. The molecule has 0 unspecified atom stereocenters. The van der Waals surface area contributed by atoms with E-state index >= 15 is 0 Å². The summed E-state index contributed by atoms with van der Waals surface area (Å²) in [4.78, 5) is 4.07. The largest absolute Gasteiger partial charge is 0.314 e. The van der Waals surface area contributed by atoms with Crippen LogP contribution in [0.2, 0.25) is 0 Å². The van der Waals surface area contributed by atoms with Crippen LogP contribution in [0, 0.1) is 6.92 Å². The maximum atomic E-state index is 12.1. The van der Waals surface area contributed by atoms with Crippen molar-refractivity contribution in [2.45, 2.75) is 6.92 Å². The van der Waals surface area contributed by atoms with Crippen LogP contribution in [0.4, 0.5) is 5.69 Å². The summed E-state index contributed by atoms with van der Waals surface area (Å²) >= 11 is 3.28. The zero-order valence-corrected chi connectivity index (χ0v) is 12.4. The average molecular weight is 335 g/mol. The molecule has 0 aliphatic carbocycles. The highest BCUT2D eigenvalue weighted by Crippen LogP contribution is 2.18. The van der Waals surface area contributed by atoms with Crippen LogP contribution in [0.3, 0.4) is 0 Å². The normalized spacial score (nSPS) is 17.7. The van der Waals surface area contributed by atoms with Crippen LogP contribution < -0.4 is 10.0 Å². The molecule has 0 atom stereocenters. The monoisotopic (exact) mass is 334 g/mol. The van der Waals surface area contributed by atoms with Gasteiger partial charge in [-0.05, 0) is 34.5 Å². The zero-order chi connectivity index (χ0) is 13.2. The van der Waals surface area contributed by atoms with Crippen molar-refractivity contribution in [1.82, 2.24) is 14.6 Å². The Labute approximate surface area is 115 Å². The molecular formula is C10H15BrN4O2S. The summed E-state index contributed by atoms with van der Waals surface area (Å²) in [6.45, 7) is 4.19.